The first-order valence-electron chi connectivity index (χ1n) is 9.24. The molecule has 3 heterocycles. The van der Waals surface area contributed by atoms with Crippen LogP contribution in [0.15, 0.2) is 36.4 Å². The number of rotatable bonds is 3. The van der Waals surface area contributed by atoms with Gasteiger partial charge in [0.05, 0.1) is 18.7 Å². The van der Waals surface area contributed by atoms with E-state index in [4.69, 9.17) is 9.72 Å². The van der Waals surface area contributed by atoms with Crippen LogP contribution in [0.5, 0.6) is 0 Å². The van der Waals surface area contributed by atoms with E-state index in [1.165, 1.54) is 18.2 Å². The highest BCUT2D eigenvalue weighted by Crippen LogP contribution is 2.28. The van der Waals surface area contributed by atoms with Crippen molar-refractivity contribution in [3.63, 3.8) is 0 Å². The zero-order valence-electron chi connectivity index (χ0n) is 14.5. The van der Waals surface area contributed by atoms with Crippen molar-refractivity contribution < 1.29 is 4.74 Å². The summed E-state index contributed by atoms with van der Waals surface area (Å²) in [4.78, 5) is 9.92. The molecule has 0 unspecified atom stereocenters. The minimum absolute atomic E-state index is 0.667. The lowest BCUT2D eigenvalue weighted by atomic mass is 9.89. The highest BCUT2D eigenvalue weighted by molar-refractivity contribution is 5.80. The van der Waals surface area contributed by atoms with Crippen molar-refractivity contribution >= 4 is 16.7 Å². The fourth-order valence-electron chi connectivity index (χ4n) is 4.13. The second-order valence-corrected chi connectivity index (χ2v) is 7.08. The van der Waals surface area contributed by atoms with E-state index in [0.29, 0.717) is 6.04 Å². The lowest BCUT2D eigenvalue weighted by Gasteiger charge is -2.41. The molecule has 0 N–H and O–H groups in total. The van der Waals surface area contributed by atoms with Gasteiger partial charge in [0.15, 0.2) is 0 Å². The number of hydrogen-bond acceptors (Lipinski definition) is 4. The largest absolute Gasteiger partial charge is 0.379 e. The van der Waals surface area contributed by atoms with Gasteiger partial charge in [-0.05, 0) is 43.9 Å². The molecule has 4 nitrogen and oxygen atoms in total. The Kier molecular flexibility index (Phi) is 4.67. The van der Waals surface area contributed by atoms with Gasteiger partial charge in [0.25, 0.3) is 0 Å². The molecule has 2 saturated heterocycles. The molecule has 128 valence electrons. The molecule has 1 atom stereocenters. The number of pyridine rings is 1. The smallest absolute Gasteiger partial charge is 0.129 e. The van der Waals surface area contributed by atoms with Gasteiger partial charge < -0.3 is 9.64 Å². The lowest BCUT2D eigenvalue weighted by Crippen LogP contribution is -2.48. The summed E-state index contributed by atoms with van der Waals surface area (Å²) in [5, 5.41) is 1.22. The van der Waals surface area contributed by atoms with Crippen molar-refractivity contribution in [1.82, 2.24) is 9.88 Å². The van der Waals surface area contributed by atoms with E-state index in [2.05, 4.69) is 53.1 Å². The van der Waals surface area contributed by atoms with Crippen molar-refractivity contribution in [2.45, 2.75) is 25.8 Å². The minimum Gasteiger partial charge on any atom is -0.379 e. The van der Waals surface area contributed by atoms with Crippen LogP contribution < -0.4 is 4.90 Å². The summed E-state index contributed by atoms with van der Waals surface area (Å²) in [6.07, 6.45) is 2.51. The summed E-state index contributed by atoms with van der Waals surface area (Å²) >= 11 is 0. The molecule has 0 spiro atoms. The predicted octanol–water partition coefficient (Wildman–Crippen LogP) is 3.17. The SMILES string of the molecule is C[C@H](C1CCN(c2ccc3ccccc3n2)CC1)N1CCOCC1. The Labute approximate surface area is 144 Å². The molecule has 4 rings (SSSR count). The van der Waals surface area contributed by atoms with Crippen LogP contribution in [0.3, 0.4) is 0 Å². The number of hydrogen-bond donors (Lipinski definition) is 0. The summed E-state index contributed by atoms with van der Waals surface area (Å²) in [5.41, 5.74) is 1.10. The first-order chi connectivity index (χ1) is 11.8. The van der Waals surface area contributed by atoms with E-state index in [9.17, 15) is 0 Å². The molecule has 0 bridgehead atoms. The maximum absolute atomic E-state index is 5.49. The third-order valence-corrected chi connectivity index (χ3v) is 5.75. The van der Waals surface area contributed by atoms with E-state index in [1.807, 2.05) is 0 Å². The van der Waals surface area contributed by atoms with E-state index in [-0.39, 0.29) is 0 Å². The highest BCUT2D eigenvalue weighted by Gasteiger charge is 2.28. The quantitative estimate of drug-likeness (QED) is 0.867. The molecule has 1 aromatic heterocycles. The molecule has 2 aliphatic rings. The number of anilines is 1. The molecule has 4 heteroatoms. The summed E-state index contributed by atoms with van der Waals surface area (Å²) < 4.78 is 5.49. The Morgan fingerprint density at radius 2 is 1.75 bits per heavy atom. The Morgan fingerprint density at radius 1 is 1.00 bits per heavy atom. The number of ether oxygens (including phenoxy) is 1. The topological polar surface area (TPSA) is 28.6 Å². The van der Waals surface area contributed by atoms with Crippen LogP contribution in [0.2, 0.25) is 0 Å². The maximum atomic E-state index is 5.49. The van der Waals surface area contributed by atoms with E-state index >= 15 is 0 Å². The monoisotopic (exact) mass is 325 g/mol. The maximum Gasteiger partial charge on any atom is 0.129 e. The first kappa shape index (κ1) is 15.9. The highest BCUT2D eigenvalue weighted by atomic mass is 16.5. The third-order valence-electron chi connectivity index (χ3n) is 5.75. The fraction of sp³-hybridized carbons (Fsp3) is 0.550. The molecule has 0 amide bonds. The number of piperidine rings is 1. The number of morpholine rings is 1. The van der Waals surface area contributed by atoms with Crippen molar-refractivity contribution in [3.05, 3.63) is 36.4 Å². The number of para-hydroxylation sites is 1. The van der Waals surface area contributed by atoms with Crippen molar-refractivity contribution in [2.75, 3.05) is 44.3 Å². The fourth-order valence-corrected chi connectivity index (χ4v) is 4.13. The standard InChI is InChI=1S/C20H27N3O/c1-16(22-12-14-24-15-13-22)17-8-10-23(11-9-17)20-7-6-18-4-2-3-5-19(18)21-20/h2-7,16-17H,8-15H2,1H3/t16-/m1/s1. The predicted molar refractivity (Wildman–Crippen MR) is 98.5 cm³/mol. The van der Waals surface area contributed by atoms with Crippen LogP contribution in [0.1, 0.15) is 19.8 Å². The van der Waals surface area contributed by atoms with Crippen LogP contribution >= 0.6 is 0 Å². The summed E-state index contributed by atoms with van der Waals surface area (Å²) in [6, 6.07) is 13.4. The Bertz CT molecular complexity index is 675. The number of nitrogens with zero attached hydrogens (tertiary/aromatic N) is 3. The van der Waals surface area contributed by atoms with Crippen LogP contribution in [-0.4, -0.2) is 55.3 Å². The van der Waals surface area contributed by atoms with Gasteiger partial charge in [0.1, 0.15) is 5.82 Å². The van der Waals surface area contributed by atoms with Gasteiger partial charge in [-0.25, -0.2) is 4.98 Å². The average molecular weight is 325 g/mol. The number of benzene rings is 1. The molecule has 0 radical (unpaired) electrons. The molecule has 1 aromatic carbocycles. The van der Waals surface area contributed by atoms with Gasteiger partial charge in [0, 0.05) is 37.6 Å². The van der Waals surface area contributed by atoms with Crippen LogP contribution in [0.25, 0.3) is 10.9 Å². The van der Waals surface area contributed by atoms with Gasteiger partial charge in [-0.2, -0.15) is 0 Å². The van der Waals surface area contributed by atoms with E-state index < -0.39 is 0 Å². The Morgan fingerprint density at radius 3 is 2.54 bits per heavy atom. The average Bonchev–Trinajstić information content (AvgIpc) is 2.68. The van der Waals surface area contributed by atoms with Crippen molar-refractivity contribution in [3.8, 4) is 0 Å². The Balaban J connectivity index is 1.39. The van der Waals surface area contributed by atoms with E-state index in [0.717, 1.165) is 56.6 Å². The van der Waals surface area contributed by atoms with Gasteiger partial charge in [-0.3, -0.25) is 4.90 Å². The van der Waals surface area contributed by atoms with Crippen molar-refractivity contribution in [2.24, 2.45) is 5.92 Å². The molecule has 2 aromatic rings. The molecular weight excluding hydrogens is 298 g/mol. The van der Waals surface area contributed by atoms with Crippen molar-refractivity contribution in [1.29, 1.82) is 0 Å². The summed E-state index contributed by atoms with van der Waals surface area (Å²) in [6.45, 7) is 8.60. The number of fused-ring (bicyclic) bond motifs is 1. The second-order valence-electron chi connectivity index (χ2n) is 7.08. The normalized spacial score (nSPS) is 22.0. The molecule has 2 aliphatic heterocycles. The van der Waals surface area contributed by atoms with Gasteiger partial charge in [-0.1, -0.05) is 18.2 Å². The molecule has 0 saturated carbocycles. The van der Waals surface area contributed by atoms with Crippen LogP contribution in [-0.2, 0) is 4.74 Å². The van der Waals surface area contributed by atoms with Gasteiger partial charge >= 0.3 is 0 Å². The zero-order chi connectivity index (χ0) is 16.4. The first-order valence-corrected chi connectivity index (χ1v) is 9.24. The number of aromatic nitrogens is 1. The van der Waals surface area contributed by atoms with Gasteiger partial charge in [0.2, 0.25) is 0 Å². The third kappa shape index (κ3) is 3.26. The van der Waals surface area contributed by atoms with Crippen LogP contribution in [0.4, 0.5) is 5.82 Å². The molecule has 0 aliphatic carbocycles. The zero-order valence-corrected chi connectivity index (χ0v) is 14.5. The molecular formula is C20H27N3O. The Hall–Kier alpha value is -1.65. The lowest BCUT2D eigenvalue weighted by molar-refractivity contribution is 0.00448. The molecule has 2 fully saturated rings. The van der Waals surface area contributed by atoms with Crippen LogP contribution in [0, 0.1) is 5.92 Å². The molecule has 24 heavy (non-hydrogen) atoms. The summed E-state index contributed by atoms with van der Waals surface area (Å²) in [7, 11) is 0. The summed E-state index contributed by atoms with van der Waals surface area (Å²) in [5.74, 6) is 1.92. The van der Waals surface area contributed by atoms with E-state index in [1.54, 1.807) is 0 Å². The van der Waals surface area contributed by atoms with Gasteiger partial charge in [-0.15, -0.1) is 0 Å². The second kappa shape index (κ2) is 7.08. The minimum atomic E-state index is 0.667.